The summed E-state index contributed by atoms with van der Waals surface area (Å²) < 4.78 is 7.37. The van der Waals surface area contributed by atoms with Crippen LogP contribution in [0, 0.1) is 6.92 Å². The maximum absolute atomic E-state index is 11.3. The number of ether oxygens (including phenoxy) is 1. The van der Waals surface area contributed by atoms with Gasteiger partial charge in [-0.05, 0) is 30.7 Å². The molecular weight excluding hydrogens is 268 g/mol. The van der Waals surface area contributed by atoms with Crippen LogP contribution in [0.1, 0.15) is 21.7 Å². The number of carboxylic acid groups (broad SMARTS) is 1. The molecule has 2 heterocycles. The fourth-order valence-corrected chi connectivity index (χ4v) is 2.24. The van der Waals surface area contributed by atoms with E-state index in [9.17, 15) is 9.90 Å². The number of nitrogens with zero attached hydrogens (tertiary/aromatic N) is 2. The molecule has 0 aliphatic carbocycles. The van der Waals surface area contributed by atoms with Gasteiger partial charge in [0.15, 0.2) is 0 Å². The molecule has 0 saturated carbocycles. The smallest absolute Gasteiger partial charge is 0.352 e. The second kappa shape index (κ2) is 5.28. The van der Waals surface area contributed by atoms with Gasteiger partial charge in [-0.2, -0.15) is 0 Å². The van der Waals surface area contributed by atoms with Crippen LogP contribution in [0.15, 0.2) is 48.7 Å². The first-order valence-electron chi connectivity index (χ1n) is 6.54. The number of benzene rings is 1. The molecule has 3 aromatic rings. The lowest BCUT2D eigenvalue weighted by Crippen LogP contribution is -2.09. The molecule has 5 nitrogen and oxygen atoms in total. The summed E-state index contributed by atoms with van der Waals surface area (Å²) in [6.07, 6.45) is 1.64. The van der Waals surface area contributed by atoms with Crippen LogP contribution in [0.4, 0.5) is 0 Å². The van der Waals surface area contributed by atoms with Gasteiger partial charge in [-0.15, -0.1) is 0 Å². The monoisotopic (exact) mass is 282 g/mol. The fourth-order valence-electron chi connectivity index (χ4n) is 2.24. The van der Waals surface area contributed by atoms with Crippen molar-refractivity contribution in [3.8, 4) is 5.75 Å². The maximum Gasteiger partial charge on any atom is 0.352 e. The zero-order valence-electron chi connectivity index (χ0n) is 11.5. The first-order chi connectivity index (χ1) is 10.2. The number of rotatable bonds is 4. The lowest BCUT2D eigenvalue weighted by atomic mass is 10.2. The Balaban J connectivity index is 1.95. The van der Waals surface area contributed by atoms with Crippen molar-refractivity contribution in [1.82, 2.24) is 9.38 Å². The van der Waals surface area contributed by atoms with Crippen LogP contribution in [-0.4, -0.2) is 20.5 Å². The predicted molar refractivity (Wildman–Crippen MR) is 77.7 cm³/mol. The number of aromatic nitrogens is 2. The molecule has 0 radical (unpaired) electrons. The molecule has 0 aliphatic heterocycles. The minimum Gasteiger partial charge on any atom is -0.487 e. The van der Waals surface area contributed by atoms with Gasteiger partial charge in [0.2, 0.25) is 0 Å². The van der Waals surface area contributed by atoms with Gasteiger partial charge in [0.25, 0.3) is 0 Å². The van der Waals surface area contributed by atoms with Crippen molar-refractivity contribution in [3.63, 3.8) is 0 Å². The summed E-state index contributed by atoms with van der Waals surface area (Å²) in [6, 6.07) is 12.7. The normalized spacial score (nSPS) is 10.7. The highest BCUT2D eigenvalue weighted by atomic mass is 16.5. The van der Waals surface area contributed by atoms with Gasteiger partial charge in [-0.3, -0.25) is 4.40 Å². The lowest BCUT2D eigenvalue weighted by molar-refractivity contribution is 0.0688. The summed E-state index contributed by atoms with van der Waals surface area (Å²) in [7, 11) is 0. The van der Waals surface area contributed by atoms with E-state index in [2.05, 4.69) is 4.98 Å². The zero-order valence-corrected chi connectivity index (χ0v) is 11.5. The predicted octanol–water partition coefficient (Wildman–Crippen LogP) is 2.92. The Morgan fingerprint density at radius 2 is 2.05 bits per heavy atom. The molecule has 5 heteroatoms. The van der Waals surface area contributed by atoms with Crippen molar-refractivity contribution in [1.29, 1.82) is 0 Å². The van der Waals surface area contributed by atoms with Gasteiger partial charge in [-0.1, -0.05) is 24.3 Å². The van der Waals surface area contributed by atoms with Crippen LogP contribution in [0.2, 0.25) is 0 Å². The third kappa shape index (κ3) is 2.45. The Kier molecular flexibility index (Phi) is 3.31. The fraction of sp³-hybridized carbons (Fsp3) is 0.125. The molecule has 0 aliphatic rings. The minimum atomic E-state index is -0.990. The Morgan fingerprint density at radius 3 is 2.81 bits per heavy atom. The molecule has 21 heavy (non-hydrogen) atoms. The molecule has 1 N–H and O–H groups in total. The molecule has 3 rings (SSSR count). The highest BCUT2D eigenvalue weighted by Gasteiger charge is 2.13. The van der Waals surface area contributed by atoms with E-state index >= 15 is 0 Å². The lowest BCUT2D eigenvalue weighted by Gasteiger charge is -2.09. The summed E-state index contributed by atoms with van der Waals surface area (Å²) >= 11 is 0. The van der Waals surface area contributed by atoms with Gasteiger partial charge in [0.05, 0.1) is 11.9 Å². The molecule has 0 spiro atoms. The number of imidazole rings is 1. The van der Waals surface area contributed by atoms with Crippen LogP contribution in [0.5, 0.6) is 5.75 Å². The molecule has 106 valence electrons. The number of hydrogen-bond donors (Lipinski definition) is 1. The third-order valence-corrected chi connectivity index (χ3v) is 3.29. The number of aromatic carboxylic acids is 1. The molecule has 1 aromatic carbocycles. The van der Waals surface area contributed by atoms with Crippen LogP contribution < -0.4 is 4.74 Å². The van der Waals surface area contributed by atoms with Gasteiger partial charge in [-0.25, -0.2) is 9.78 Å². The number of para-hydroxylation sites is 1. The average Bonchev–Trinajstić information content (AvgIpc) is 2.89. The minimum absolute atomic E-state index is 0.174. The molecule has 0 saturated heterocycles. The summed E-state index contributed by atoms with van der Waals surface area (Å²) in [5.74, 6) is -0.212. The quantitative estimate of drug-likeness (QED) is 0.799. The zero-order chi connectivity index (χ0) is 14.8. The Morgan fingerprint density at radius 1 is 1.24 bits per heavy atom. The van der Waals surface area contributed by atoms with E-state index in [-0.39, 0.29) is 12.3 Å². The third-order valence-electron chi connectivity index (χ3n) is 3.29. The first-order valence-corrected chi connectivity index (χ1v) is 6.54. The van der Waals surface area contributed by atoms with Crippen molar-refractivity contribution < 1.29 is 14.6 Å². The van der Waals surface area contributed by atoms with E-state index in [0.29, 0.717) is 11.3 Å². The molecule has 2 aromatic heterocycles. The molecule has 0 bridgehead atoms. The second-order valence-corrected chi connectivity index (χ2v) is 4.71. The molecule has 0 fully saturated rings. The number of hydrogen-bond acceptors (Lipinski definition) is 3. The van der Waals surface area contributed by atoms with Crippen LogP contribution >= 0.6 is 0 Å². The number of fused-ring (bicyclic) bond motifs is 1. The van der Waals surface area contributed by atoms with Crippen LogP contribution in [0.3, 0.4) is 0 Å². The van der Waals surface area contributed by atoms with Crippen LogP contribution in [0.25, 0.3) is 5.65 Å². The second-order valence-electron chi connectivity index (χ2n) is 4.71. The number of carboxylic acids is 1. The van der Waals surface area contributed by atoms with E-state index in [0.717, 1.165) is 11.3 Å². The molecule has 0 amide bonds. The van der Waals surface area contributed by atoms with Crippen LogP contribution in [-0.2, 0) is 6.61 Å². The largest absolute Gasteiger partial charge is 0.487 e. The van der Waals surface area contributed by atoms with E-state index < -0.39 is 5.97 Å². The van der Waals surface area contributed by atoms with Crippen molar-refractivity contribution in [2.75, 3.05) is 0 Å². The number of aryl methyl sites for hydroxylation is 1. The Labute approximate surface area is 121 Å². The summed E-state index contributed by atoms with van der Waals surface area (Å²) in [5, 5.41) is 9.27. The summed E-state index contributed by atoms with van der Waals surface area (Å²) in [6.45, 7) is 2.23. The summed E-state index contributed by atoms with van der Waals surface area (Å²) in [5.41, 5.74) is 2.50. The number of pyridine rings is 1. The topological polar surface area (TPSA) is 63.8 Å². The van der Waals surface area contributed by atoms with E-state index in [1.165, 1.54) is 0 Å². The SMILES string of the molecule is Cc1ccccc1OCc1cnc2cccc(C(=O)O)n12. The highest BCUT2D eigenvalue weighted by Crippen LogP contribution is 2.19. The molecular formula is C16H14N2O3. The van der Waals surface area contributed by atoms with Gasteiger partial charge < -0.3 is 9.84 Å². The Bertz CT molecular complexity index is 808. The van der Waals surface area contributed by atoms with E-state index in [4.69, 9.17) is 4.74 Å². The van der Waals surface area contributed by atoms with Crippen molar-refractivity contribution >= 4 is 11.6 Å². The maximum atomic E-state index is 11.3. The molecule has 0 atom stereocenters. The Hall–Kier alpha value is -2.82. The highest BCUT2D eigenvalue weighted by molar-refractivity contribution is 5.86. The number of carbonyl (C=O) groups is 1. The van der Waals surface area contributed by atoms with E-state index in [1.54, 1.807) is 28.8 Å². The van der Waals surface area contributed by atoms with Crippen molar-refractivity contribution in [3.05, 3.63) is 65.6 Å². The summed E-state index contributed by atoms with van der Waals surface area (Å²) in [4.78, 5) is 15.5. The average molecular weight is 282 g/mol. The molecule has 0 unspecified atom stereocenters. The van der Waals surface area contributed by atoms with Crippen molar-refractivity contribution in [2.24, 2.45) is 0 Å². The first kappa shape index (κ1) is 13.2. The van der Waals surface area contributed by atoms with Crippen molar-refractivity contribution in [2.45, 2.75) is 13.5 Å². The van der Waals surface area contributed by atoms with Gasteiger partial charge in [0, 0.05) is 0 Å². The van der Waals surface area contributed by atoms with E-state index in [1.807, 2.05) is 31.2 Å². The van der Waals surface area contributed by atoms with Gasteiger partial charge in [0.1, 0.15) is 23.7 Å². The van der Waals surface area contributed by atoms with Gasteiger partial charge >= 0.3 is 5.97 Å². The standard InChI is InChI=1S/C16H14N2O3/c1-11-5-2-3-7-14(11)21-10-12-9-17-15-8-4-6-13(16(19)20)18(12)15/h2-9H,10H2,1H3,(H,19,20).